The van der Waals surface area contributed by atoms with E-state index in [0.29, 0.717) is 24.1 Å². The Morgan fingerprint density at radius 3 is 2.77 bits per heavy atom. The molecule has 0 aliphatic carbocycles. The molecular formula is C27H31FN6O. The second-order valence-corrected chi connectivity index (χ2v) is 9.59. The molecular weight excluding hydrogens is 443 g/mol. The monoisotopic (exact) mass is 474 g/mol. The van der Waals surface area contributed by atoms with E-state index in [1.807, 2.05) is 24.3 Å². The molecule has 0 bridgehead atoms. The van der Waals surface area contributed by atoms with Crippen LogP contribution in [0, 0.1) is 5.82 Å². The lowest BCUT2D eigenvalue weighted by Crippen LogP contribution is -2.26. The van der Waals surface area contributed by atoms with Crippen molar-refractivity contribution in [3.63, 3.8) is 0 Å². The summed E-state index contributed by atoms with van der Waals surface area (Å²) in [6.45, 7) is 5.73. The standard InChI is InChI=1S/C27H31FN6O/c28-20-14-19(15-21(16-20)35-13-12-34-10-1-2-11-34)22-4-3-5-23-26(22)31-27(30-23)25-17-24(32-33-25)18-6-8-29-9-7-18/h3-5,14-18,29H,1-2,6-13H2,(H,30,31)(H,32,33). The highest BCUT2D eigenvalue weighted by Gasteiger charge is 2.20. The number of para-hydroxylation sites is 1. The van der Waals surface area contributed by atoms with Crippen molar-refractivity contribution in [2.75, 3.05) is 39.3 Å². The van der Waals surface area contributed by atoms with E-state index in [1.54, 1.807) is 6.07 Å². The van der Waals surface area contributed by atoms with E-state index >= 15 is 0 Å². The van der Waals surface area contributed by atoms with Crippen LogP contribution in [0.15, 0.2) is 42.5 Å². The normalized spacial score (nSPS) is 17.4. The zero-order valence-electron chi connectivity index (χ0n) is 19.8. The van der Waals surface area contributed by atoms with E-state index in [4.69, 9.17) is 9.72 Å². The number of ether oxygens (including phenoxy) is 1. The summed E-state index contributed by atoms with van der Waals surface area (Å²) < 4.78 is 20.5. The van der Waals surface area contributed by atoms with Gasteiger partial charge in [-0.05, 0) is 81.7 Å². The average molecular weight is 475 g/mol. The van der Waals surface area contributed by atoms with Crippen molar-refractivity contribution in [2.45, 2.75) is 31.6 Å². The SMILES string of the molecule is Fc1cc(OCCN2CCCC2)cc(-c2cccc3[nH]c(-c4cc(C5CCNCC5)[nH]n4)nc23)c1. The lowest BCUT2D eigenvalue weighted by molar-refractivity contribution is 0.237. The summed E-state index contributed by atoms with van der Waals surface area (Å²) in [6, 6.07) is 12.9. The Morgan fingerprint density at radius 1 is 1.06 bits per heavy atom. The highest BCUT2D eigenvalue weighted by Crippen LogP contribution is 2.33. The van der Waals surface area contributed by atoms with Gasteiger partial charge < -0.3 is 15.0 Å². The smallest absolute Gasteiger partial charge is 0.159 e. The number of hydrogen-bond donors (Lipinski definition) is 3. The van der Waals surface area contributed by atoms with Gasteiger partial charge in [0.1, 0.15) is 23.9 Å². The number of fused-ring (bicyclic) bond motifs is 1. The minimum Gasteiger partial charge on any atom is -0.492 e. The third-order valence-electron chi connectivity index (χ3n) is 7.19. The predicted octanol–water partition coefficient (Wildman–Crippen LogP) is 4.70. The van der Waals surface area contributed by atoms with E-state index in [9.17, 15) is 4.39 Å². The molecule has 2 aliphatic heterocycles. The van der Waals surface area contributed by atoms with Crippen molar-refractivity contribution in [2.24, 2.45) is 0 Å². The van der Waals surface area contributed by atoms with Gasteiger partial charge in [0.15, 0.2) is 5.82 Å². The first kappa shape index (κ1) is 22.2. The van der Waals surface area contributed by atoms with Gasteiger partial charge >= 0.3 is 0 Å². The number of nitrogens with zero attached hydrogens (tertiary/aromatic N) is 3. The van der Waals surface area contributed by atoms with E-state index < -0.39 is 0 Å². The summed E-state index contributed by atoms with van der Waals surface area (Å²) >= 11 is 0. The molecule has 182 valence electrons. The highest BCUT2D eigenvalue weighted by molar-refractivity contribution is 5.93. The maximum Gasteiger partial charge on any atom is 0.159 e. The van der Waals surface area contributed by atoms with E-state index in [0.717, 1.165) is 79.1 Å². The minimum atomic E-state index is -0.314. The first-order valence-electron chi connectivity index (χ1n) is 12.6. The third-order valence-corrected chi connectivity index (χ3v) is 7.19. The Balaban J connectivity index is 1.26. The number of likely N-dealkylation sites (tertiary alicyclic amines) is 1. The van der Waals surface area contributed by atoms with Gasteiger partial charge in [-0.25, -0.2) is 9.37 Å². The number of nitrogens with one attached hydrogen (secondary N) is 3. The number of hydrogen-bond acceptors (Lipinski definition) is 5. The van der Waals surface area contributed by atoms with Crippen molar-refractivity contribution in [3.05, 3.63) is 54.0 Å². The van der Waals surface area contributed by atoms with Crippen molar-refractivity contribution in [3.8, 4) is 28.4 Å². The number of halogens is 1. The van der Waals surface area contributed by atoms with Gasteiger partial charge in [-0.15, -0.1) is 0 Å². The van der Waals surface area contributed by atoms with Crippen LogP contribution < -0.4 is 10.1 Å². The van der Waals surface area contributed by atoms with Crippen molar-refractivity contribution < 1.29 is 9.13 Å². The summed E-state index contributed by atoms with van der Waals surface area (Å²) in [5.41, 5.74) is 5.26. The number of aromatic amines is 2. The largest absolute Gasteiger partial charge is 0.492 e. The van der Waals surface area contributed by atoms with Crippen LogP contribution in [0.25, 0.3) is 33.7 Å². The molecule has 2 fully saturated rings. The number of H-pyrrole nitrogens is 2. The van der Waals surface area contributed by atoms with Crippen LogP contribution >= 0.6 is 0 Å². The third kappa shape index (κ3) is 4.81. The Hall–Kier alpha value is -3.23. The molecule has 0 atom stereocenters. The molecule has 0 spiro atoms. The summed E-state index contributed by atoms with van der Waals surface area (Å²) in [6.07, 6.45) is 4.71. The van der Waals surface area contributed by atoms with Crippen molar-refractivity contribution in [1.29, 1.82) is 0 Å². The fourth-order valence-corrected chi connectivity index (χ4v) is 5.29. The van der Waals surface area contributed by atoms with E-state index in [2.05, 4.69) is 31.5 Å². The first-order chi connectivity index (χ1) is 17.2. The molecule has 8 heteroatoms. The molecule has 0 unspecified atom stereocenters. The molecule has 0 saturated carbocycles. The Labute approximate surface area is 204 Å². The van der Waals surface area contributed by atoms with Gasteiger partial charge in [0.05, 0.1) is 11.0 Å². The summed E-state index contributed by atoms with van der Waals surface area (Å²) in [5.74, 6) is 1.44. The molecule has 2 aromatic carbocycles. The molecule has 4 aromatic rings. The van der Waals surface area contributed by atoms with Crippen LogP contribution in [-0.4, -0.2) is 64.4 Å². The first-order valence-corrected chi connectivity index (χ1v) is 12.6. The molecule has 0 amide bonds. The molecule has 2 aromatic heterocycles. The number of rotatable bonds is 7. The fourth-order valence-electron chi connectivity index (χ4n) is 5.29. The molecule has 4 heterocycles. The van der Waals surface area contributed by atoms with Crippen LogP contribution in [-0.2, 0) is 0 Å². The van der Waals surface area contributed by atoms with Gasteiger partial charge in [-0.2, -0.15) is 5.10 Å². The second-order valence-electron chi connectivity index (χ2n) is 9.59. The molecule has 3 N–H and O–H groups in total. The topological polar surface area (TPSA) is 81.9 Å². The van der Waals surface area contributed by atoms with E-state index in [-0.39, 0.29) is 5.82 Å². The predicted molar refractivity (Wildman–Crippen MR) is 135 cm³/mol. The lowest BCUT2D eigenvalue weighted by atomic mass is 9.94. The Kier molecular flexibility index (Phi) is 6.22. The van der Waals surface area contributed by atoms with Gasteiger partial charge in [0.25, 0.3) is 0 Å². The maximum atomic E-state index is 14.6. The van der Waals surface area contributed by atoms with Crippen LogP contribution in [0.2, 0.25) is 0 Å². The zero-order valence-corrected chi connectivity index (χ0v) is 19.8. The summed E-state index contributed by atoms with van der Waals surface area (Å²) in [5, 5.41) is 11.1. The maximum absolute atomic E-state index is 14.6. The molecule has 2 saturated heterocycles. The fraction of sp³-hybridized carbons (Fsp3) is 0.407. The van der Waals surface area contributed by atoms with Crippen LogP contribution in [0.4, 0.5) is 4.39 Å². The average Bonchev–Trinajstić information content (AvgIpc) is 3.64. The number of piperidine rings is 1. The minimum absolute atomic E-state index is 0.314. The van der Waals surface area contributed by atoms with Crippen LogP contribution in [0.5, 0.6) is 5.75 Å². The molecule has 0 radical (unpaired) electrons. The van der Waals surface area contributed by atoms with E-state index in [1.165, 1.54) is 18.9 Å². The van der Waals surface area contributed by atoms with Gasteiger partial charge in [-0.1, -0.05) is 12.1 Å². The van der Waals surface area contributed by atoms with Gasteiger partial charge in [-0.3, -0.25) is 10.00 Å². The summed E-state index contributed by atoms with van der Waals surface area (Å²) in [4.78, 5) is 10.7. The molecule has 6 rings (SSSR count). The second kappa shape index (κ2) is 9.79. The number of benzene rings is 2. The van der Waals surface area contributed by atoms with Crippen LogP contribution in [0.3, 0.4) is 0 Å². The highest BCUT2D eigenvalue weighted by atomic mass is 19.1. The van der Waals surface area contributed by atoms with Gasteiger partial charge in [0.2, 0.25) is 0 Å². The summed E-state index contributed by atoms with van der Waals surface area (Å²) in [7, 11) is 0. The quantitative estimate of drug-likeness (QED) is 0.362. The number of aromatic nitrogens is 4. The number of imidazole rings is 1. The molecule has 7 nitrogen and oxygen atoms in total. The lowest BCUT2D eigenvalue weighted by Gasteiger charge is -2.20. The van der Waals surface area contributed by atoms with Crippen molar-refractivity contribution in [1.82, 2.24) is 30.4 Å². The molecule has 2 aliphatic rings. The van der Waals surface area contributed by atoms with Gasteiger partial charge in [0, 0.05) is 29.8 Å². The zero-order chi connectivity index (χ0) is 23.6. The van der Waals surface area contributed by atoms with Crippen molar-refractivity contribution >= 4 is 11.0 Å². The van der Waals surface area contributed by atoms with Crippen LogP contribution in [0.1, 0.15) is 37.3 Å². The molecule has 35 heavy (non-hydrogen) atoms. The Morgan fingerprint density at radius 2 is 1.91 bits per heavy atom. The Bertz CT molecular complexity index is 1300.